The molecule has 106 valence electrons. The predicted molar refractivity (Wildman–Crippen MR) is 79.2 cm³/mol. The van der Waals surface area contributed by atoms with E-state index in [9.17, 15) is 4.39 Å². The number of benzene rings is 2. The number of ether oxygens (including phenoxy) is 1. The lowest BCUT2D eigenvalue weighted by Gasteiger charge is -2.16. The van der Waals surface area contributed by atoms with E-state index < -0.39 is 0 Å². The van der Waals surface area contributed by atoms with Crippen molar-refractivity contribution in [2.75, 3.05) is 0 Å². The van der Waals surface area contributed by atoms with Gasteiger partial charge in [0.25, 0.3) is 0 Å². The highest BCUT2D eigenvalue weighted by atomic mass is 19.1. The van der Waals surface area contributed by atoms with E-state index in [4.69, 9.17) is 10.5 Å². The van der Waals surface area contributed by atoms with Crippen molar-refractivity contribution in [3.05, 3.63) is 65.5 Å². The van der Waals surface area contributed by atoms with Gasteiger partial charge in [-0.15, -0.1) is 0 Å². The van der Waals surface area contributed by atoms with E-state index in [-0.39, 0.29) is 23.7 Å². The molecule has 0 radical (unpaired) electrons. The van der Waals surface area contributed by atoms with Gasteiger partial charge in [0, 0.05) is 6.04 Å². The Morgan fingerprint density at radius 2 is 1.80 bits per heavy atom. The fraction of sp³-hybridized carbons (Fsp3) is 0.294. The summed E-state index contributed by atoms with van der Waals surface area (Å²) in [4.78, 5) is 0. The van der Waals surface area contributed by atoms with Crippen LogP contribution in [0.15, 0.2) is 48.5 Å². The normalized spacial score (nSPS) is 13.8. The van der Waals surface area contributed by atoms with Crippen LogP contribution >= 0.6 is 0 Å². The summed E-state index contributed by atoms with van der Waals surface area (Å²) in [6.07, 6.45) is 0.468. The molecule has 0 spiro atoms. The Kier molecular flexibility index (Phi) is 4.74. The third-order valence-corrected chi connectivity index (χ3v) is 3.13. The molecule has 0 aliphatic carbocycles. The third kappa shape index (κ3) is 3.81. The fourth-order valence-corrected chi connectivity index (χ4v) is 2.12. The number of halogens is 1. The van der Waals surface area contributed by atoms with Gasteiger partial charge in [-0.1, -0.05) is 36.4 Å². The molecule has 2 N–H and O–H groups in total. The SMILES string of the molecule is CC(N)Cc1ccc(OC(C)c2ccccc2)c(F)c1. The zero-order valence-corrected chi connectivity index (χ0v) is 11.8. The van der Waals surface area contributed by atoms with Gasteiger partial charge in [-0.2, -0.15) is 0 Å². The van der Waals surface area contributed by atoms with Crippen LogP contribution in [0.5, 0.6) is 5.75 Å². The van der Waals surface area contributed by atoms with Crippen molar-refractivity contribution in [1.82, 2.24) is 0 Å². The number of hydrogen-bond acceptors (Lipinski definition) is 2. The maximum atomic E-state index is 14.0. The molecule has 0 aliphatic heterocycles. The topological polar surface area (TPSA) is 35.2 Å². The molecule has 20 heavy (non-hydrogen) atoms. The van der Waals surface area contributed by atoms with Crippen molar-refractivity contribution in [1.29, 1.82) is 0 Å². The summed E-state index contributed by atoms with van der Waals surface area (Å²) in [6, 6.07) is 14.8. The highest BCUT2D eigenvalue weighted by Gasteiger charge is 2.11. The van der Waals surface area contributed by atoms with E-state index in [0.29, 0.717) is 6.42 Å². The van der Waals surface area contributed by atoms with Gasteiger partial charge in [0.1, 0.15) is 6.10 Å². The molecule has 0 aliphatic rings. The molecule has 0 saturated heterocycles. The second kappa shape index (κ2) is 6.53. The Balaban J connectivity index is 2.10. The van der Waals surface area contributed by atoms with Crippen LogP contribution in [0.1, 0.15) is 31.1 Å². The highest BCUT2D eigenvalue weighted by molar-refractivity contribution is 5.31. The van der Waals surface area contributed by atoms with Crippen molar-refractivity contribution in [2.45, 2.75) is 32.4 Å². The molecule has 2 unspecified atom stereocenters. The Morgan fingerprint density at radius 3 is 2.40 bits per heavy atom. The molecular formula is C17H20FNO. The average Bonchev–Trinajstić information content (AvgIpc) is 2.42. The second-order valence-corrected chi connectivity index (χ2v) is 5.12. The van der Waals surface area contributed by atoms with Crippen LogP contribution in [0.2, 0.25) is 0 Å². The van der Waals surface area contributed by atoms with Crippen molar-refractivity contribution in [2.24, 2.45) is 5.73 Å². The quantitative estimate of drug-likeness (QED) is 0.898. The van der Waals surface area contributed by atoms with Gasteiger partial charge < -0.3 is 10.5 Å². The van der Waals surface area contributed by atoms with Crippen molar-refractivity contribution < 1.29 is 9.13 Å². The van der Waals surface area contributed by atoms with Gasteiger partial charge >= 0.3 is 0 Å². The van der Waals surface area contributed by atoms with Crippen LogP contribution in [0.4, 0.5) is 4.39 Å². The van der Waals surface area contributed by atoms with Crippen LogP contribution in [-0.4, -0.2) is 6.04 Å². The zero-order valence-electron chi connectivity index (χ0n) is 11.8. The maximum absolute atomic E-state index is 14.0. The lowest BCUT2D eigenvalue weighted by molar-refractivity contribution is 0.216. The van der Waals surface area contributed by atoms with Crippen LogP contribution in [0.25, 0.3) is 0 Å². The Bertz CT molecular complexity index is 554. The van der Waals surface area contributed by atoms with Gasteiger partial charge in [0.2, 0.25) is 0 Å². The van der Waals surface area contributed by atoms with Crippen LogP contribution in [0, 0.1) is 5.82 Å². The first-order valence-electron chi connectivity index (χ1n) is 6.82. The molecular weight excluding hydrogens is 253 g/mol. The van der Waals surface area contributed by atoms with E-state index in [1.54, 1.807) is 6.07 Å². The molecule has 2 atom stereocenters. The first-order chi connectivity index (χ1) is 9.56. The van der Waals surface area contributed by atoms with Crippen molar-refractivity contribution in [3.8, 4) is 5.75 Å². The van der Waals surface area contributed by atoms with E-state index >= 15 is 0 Å². The van der Waals surface area contributed by atoms with Crippen molar-refractivity contribution >= 4 is 0 Å². The first-order valence-corrected chi connectivity index (χ1v) is 6.82. The second-order valence-electron chi connectivity index (χ2n) is 5.12. The molecule has 0 heterocycles. The number of rotatable bonds is 5. The minimum Gasteiger partial charge on any atom is -0.483 e. The van der Waals surface area contributed by atoms with E-state index in [1.165, 1.54) is 6.07 Å². The monoisotopic (exact) mass is 273 g/mol. The average molecular weight is 273 g/mol. The van der Waals surface area contributed by atoms with Crippen LogP contribution in [0.3, 0.4) is 0 Å². The van der Waals surface area contributed by atoms with Gasteiger partial charge in [-0.25, -0.2) is 4.39 Å². The maximum Gasteiger partial charge on any atom is 0.165 e. The Hall–Kier alpha value is -1.87. The van der Waals surface area contributed by atoms with Gasteiger partial charge in [-0.3, -0.25) is 0 Å². The number of hydrogen-bond donors (Lipinski definition) is 1. The van der Waals surface area contributed by atoms with Crippen molar-refractivity contribution in [3.63, 3.8) is 0 Å². The standard InChI is InChI=1S/C17H20FNO/c1-12(19)10-14-8-9-17(16(18)11-14)20-13(2)15-6-4-3-5-7-15/h3-9,11-13H,10,19H2,1-2H3. The highest BCUT2D eigenvalue weighted by Crippen LogP contribution is 2.25. The van der Waals surface area contributed by atoms with E-state index in [0.717, 1.165) is 11.1 Å². The lowest BCUT2D eigenvalue weighted by atomic mass is 10.1. The summed E-state index contributed by atoms with van der Waals surface area (Å²) in [6.45, 7) is 3.81. The molecule has 0 fully saturated rings. The molecule has 2 aromatic carbocycles. The summed E-state index contributed by atoms with van der Waals surface area (Å²) >= 11 is 0. The molecule has 2 nitrogen and oxygen atoms in total. The third-order valence-electron chi connectivity index (χ3n) is 3.13. The molecule has 3 heteroatoms. The Labute approximate surface area is 119 Å². The van der Waals surface area contributed by atoms with E-state index in [1.807, 2.05) is 50.2 Å². The molecule has 2 aromatic rings. The van der Waals surface area contributed by atoms with Gasteiger partial charge in [0.15, 0.2) is 11.6 Å². The molecule has 0 bridgehead atoms. The summed E-state index contributed by atoms with van der Waals surface area (Å²) in [5, 5.41) is 0. The largest absolute Gasteiger partial charge is 0.483 e. The molecule has 0 amide bonds. The minimum atomic E-state index is -0.342. The first kappa shape index (κ1) is 14.5. The summed E-state index contributed by atoms with van der Waals surface area (Å²) in [5.41, 5.74) is 7.62. The van der Waals surface area contributed by atoms with Crippen LogP contribution in [-0.2, 0) is 6.42 Å². The fourth-order valence-electron chi connectivity index (χ4n) is 2.12. The lowest BCUT2D eigenvalue weighted by Crippen LogP contribution is -2.17. The van der Waals surface area contributed by atoms with Gasteiger partial charge in [0.05, 0.1) is 0 Å². The molecule has 2 rings (SSSR count). The van der Waals surface area contributed by atoms with Crippen LogP contribution < -0.4 is 10.5 Å². The van der Waals surface area contributed by atoms with Gasteiger partial charge in [-0.05, 0) is 43.5 Å². The zero-order chi connectivity index (χ0) is 14.5. The Morgan fingerprint density at radius 1 is 1.10 bits per heavy atom. The summed E-state index contributed by atoms with van der Waals surface area (Å²) in [7, 11) is 0. The number of nitrogens with two attached hydrogens (primary N) is 1. The van der Waals surface area contributed by atoms with E-state index in [2.05, 4.69) is 0 Å². The smallest absolute Gasteiger partial charge is 0.165 e. The molecule has 0 aromatic heterocycles. The molecule has 0 saturated carbocycles. The minimum absolute atomic E-state index is 0.0180. The predicted octanol–water partition coefficient (Wildman–Crippen LogP) is 3.86. The summed E-state index contributed by atoms with van der Waals surface area (Å²) in [5.74, 6) is -0.0688. The summed E-state index contributed by atoms with van der Waals surface area (Å²) < 4.78 is 19.7.